The molecule has 0 spiro atoms. The van der Waals surface area contributed by atoms with Gasteiger partial charge in [-0.1, -0.05) is 30.3 Å². The molecule has 2 rings (SSSR count). The minimum absolute atomic E-state index is 0.175. The number of hydrogen-bond donors (Lipinski definition) is 1. The molecule has 2 aromatic rings. The van der Waals surface area contributed by atoms with Crippen LogP contribution in [-0.2, 0) is 6.54 Å². The van der Waals surface area contributed by atoms with Crippen molar-refractivity contribution in [3.63, 3.8) is 0 Å². The van der Waals surface area contributed by atoms with E-state index in [0.29, 0.717) is 6.54 Å². The van der Waals surface area contributed by atoms with Crippen molar-refractivity contribution in [3.8, 4) is 0 Å². The van der Waals surface area contributed by atoms with E-state index in [-0.39, 0.29) is 11.9 Å². The fourth-order valence-corrected chi connectivity index (χ4v) is 2.54. The molecule has 0 aliphatic rings. The van der Waals surface area contributed by atoms with Crippen LogP contribution in [0.15, 0.2) is 48.5 Å². The maximum atomic E-state index is 13.2. The minimum atomic E-state index is -0.175. The molecule has 1 N–H and O–H groups in total. The Labute approximate surface area is 121 Å². The molecule has 0 radical (unpaired) electrons. The third-order valence-electron chi connectivity index (χ3n) is 2.83. The number of hydrogen-bond acceptors (Lipinski definition) is 1. The van der Waals surface area contributed by atoms with E-state index in [0.717, 1.165) is 9.13 Å². The van der Waals surface area contributed by atoms with Crippen molar-refractivity contribution in [1.29, 1.82) is 0 Å². The second-order valence-electron chi connectivity index (χ2n) is 4.29. The summed E-state index contributed by atoms with van der Waals surface area (Å²) in [5, 5.41) is 3.40. The summed E-state index contributed by atoms with van der Waals surface area (Å²) in [6, 6.07) is 15.6. The van der Waals surface area contributed by atoms with Crippen LogP contribution >= 0.6 is 22.6 Å². The maximum Gasteiger partial charge on any atom is 0.124 e. The molecule has 0 saturated heterocycles. The van der Waals surface area contributed by atoms with E-state index in [1.165, 1.54) is 11.6 Å². The third kappa shape index (κ3) is 3.78. The third-order valence-corrected chi connectivity index (χ3v) is 3.46. The Bertz CT molecular complexity index is 493. The first kappa shape index (κ1) is 13.5. The van der Waals surface area contributed by atoms with E-state index in [1.807, 2.05) is 24.3 Å². The van der Waals surface area contributed by atoms with E-state index >= 15 is 0 Å². The zero-order valence-corrected chi connectivity index (χ0v) is 12.3. The van der Waals surface area contributed by atoms with Crippen molar-refractivity contribution in [2.75, 3.05) is 0 Å². The minimum Gasteiger partial charge on any atom is -0.306 e. The van der Waals surface area contributed by atoms with E-state index in [4.69, 9.17) is 0 Å². The van der Waals surface area contributed by atoms with Gasteiger partial charge in [-0.15, -0.1) is 0 Å². The Morgan fingerprint density at radius 2 is 1.89 bits per heavy atom. The van der Waals surface area contributed by atoms with Crippen molar-refractivity contribution in [3.05, 3.63) is 69.0 Å². The number of halogens is 2. The summed E-state index contributed by atoms with van der Waals surface area (Å²) in [4.78, 5) is 0. The average Bonchev–Trinajstić information content (AvgIpc) is 2.36. The van der Waals surface area contributed by atoms with Crippen molar-refractivity contribution in [1.82, 2.24) is 5.32 Å². The van der Waals surface area contributed by atoms with Crippen LogP contribution in [0.4, 0.5) is 4.39 Å². The molecule has 1 atom stereocenters. The average molecular weight is 355 g/mol. The smallest absolute Gasteiger partial charge is 0.124 e. The van der Waals surface area contributed by atoms with Crippen molar-refractivity contribution >= 4 is 22.6 Å². The lowest BCUT2D eigenvalue weighted by Gasteiger charge is -2.14. The van der Waals surface area contributed by atoms with E-state index in [9.17, 15) is 4.39 Å². The Balaban J connectivity index is 1.99. The molecular formula is C15H15FIN. The highest BCUT2D eigenvalue weighted by molar-refractivity contribution is 14.1. The maximum absolute atomic E-state index is 13.2. The predicted molar refractivity (Wildman–Crippen MR) is 80.8 cm³/mol. The molecule has 0 aliphatic carbocycles. The molecule has 94 valence electrons. The summed E-state index contributed by atoms with van der Waals surface area (Å²) in [5.74, 6) is -0.175. The first-order chi connectivity index (χ1) is 8.65. The summed E-state index contributed by atoms with van der Waals surface area (Å²) in [7, 11) is 0. The van der Waals surface area contributed by atoms with Gasteiger partial charge in [0.15, 0.2) is 0 Å². The van der Waals surface area contributed by atoms with Gasteiger partial charge in [0, 0.05) is 16.2 Å². The number of rotatable bonds is 4. The highest BCUT2D eigenvalue weighted by atomic mass is 127. The molecule has 18 heavy (non-hydrogen) atoms. The molecule has 1 nitrogen and oxygen atoms in total. The number of nitrogens with one attached hydrogen (secondary N) is 1. The van der Waals surface area contributed by atoms with Crippen molar-refractivity contribution in [2.24, 2.45) is 0 Å². The van der Waals surface area contributed by atoms with Crippen LogP contribution < -0.4 is 5.32 Å². The van der Waals surface area contributed by atoms with Crippen LogP contribution in [0.5, 0.6) is 0 Å². The highest BCUT2D eigenvalue weighted by Crippen LogP contribution is 2.14. The zero-order valence-electron chi connectivity index (χ0n) is 10.2. The molecule has 0 aliphatic heterocycles. The fourth-order valence-electron chi connectivity index (χ4n) is 1.84. The molecule has 2 aromatic carbocycles. The monoisotopic (exact) mass is 355 g/mol. The Hall–Kier alpha value is -0.940. The molecule has 1 unspecified atom stereocenters. The van der Waals surface area contributed by atoms with Gasteiger partial charge in [-0.3, -0.25) is 0 Å². The normalized spacial score (nSPS) is 12.4. The second kappa shape index (κ2) is 6.29. The van der Waals surface area contributed by atoms with E-state index < -0.39 is 0 Å². The first-order valence-electron chi connectivity index (χ1n) is 5.88. The molecule has 0 fully saturated rings. The summed E-state index contributed by atoms with van der Waals surface area (Å²) < 4.78 is 14.2. The van der Waals surface area contributed by atoms with Gasteiger partial charge in [0.2, 0.25) is 0 Å². The predicted octanol–water partition coefficient (Wildman–Crippen LogP) is 4.28. The van der Waals surface area contributed by atoms with Crippen LogP contribution in [0.3, 0.4) is 0 Å². The molecule has 0 saturated carbocycles. The first-order valence-corrected chi connectivity index (χ1v) is 6.96. The Morgan fingerprint density at radius 1 is 1.17 bits per heavy atom. The molecule has 0 bridgehead atoms. The summed E-state index contributed by atoms with van der Waals surface area (Å²) >= 11 is 2.13. The summed E-state index contributed by atoms with van der Waals surface area (Å²) in [6.07, 6.45) is 0. The fraction of sp³-hybridized carbons (Fsp3) is 0.200. The van der Waals surface area contributed by atoms with Crippen LogP contribution in [0.1, 0.15) is 24.1 Å². The van der Waals surface area contributed by atoms with Crippen molar-refractivity contribution in [2.45, 2.75) is 19.5 Å². The lowest BCUT2D eigenvalue weighted by molar-refractivity contribution is 0.569. The lowest BCUT2D eigenvalue weighted by Crippen LogP contribution is -2.18. The second-order valence-corrected chi connectivity index (χ2v) is 5.54. The molecule has 3 heteroatoms. The summed E-state index contributed by atoms with van der Waals surface area (Å²) in [5.41, 5.74) is 2.21. The van der Waals surface area contributed by atoms with Crippen molar-refractivity contribution < 1.29 is 4.39 Å². The van der Waals surface area contributed by atoms with Gasteiger partial charge < -0.3 is 5.32 Å². The Kier molecular flexibility index (Phi) is 4.72. The van der Waals surface area contributed by atoms with E-state index in [2.05, 4.69) is 47.0 Å². The standard InChI is InChI=1S/C15H15FIN/c1-11(13-5-3-2-4-6-13)18-10-12-7-14(16)9-15(17)8-12/h2-9,11,18H,10H2,1H3. The Morgan fingerprint density at radius 3 is 2.56 bits per heavy atom. The highest BCUT2D eigenvalue weighted by Gasteiger charge is 2.05. The van der Waals surface area contributed by atoms with Gasteiger partial charge in [0.1, 0.15) is 5.82 Å². The topological polar surface area (TPSA) is 12.0 Å². The number of benzene rings is 2. The van der Waals surface area contributed by atoms with Crippen LogP contribution in [0.25, 0.3) is 0 Å². The van der Waals surface area contributed by atoms with Gasteiger partial charge in [0.05, 0.1) is 0 Å². The zero-order chi connectivity index (χ0) is 13.0. The van der Waals surface area contributed by atoms with Gasteiger partial charge in [-0.2, -0.15) is 0 Å². The lowest BCUT2D eigenvalue weighted by atomic mass is 10.1. The molecule has 0 amide bonds. The van der Waals surface area contributed by atoms with Gasteiger partial charge >= 0.3 is 0 Å². The van der Waals surface area contributed by atoms with E-state index in [1.54, 1.807) is 6.07 Å². The molecular weight excluding hydrogens is 340 g/mol. The largest absolute Gasteiger partial charge is 0.306 e. The molecule has 0 aromatic heterocycles. The quantitative estimate of drug-likeness (QED) is 0.808. The molecule has 0 heterocycles. The van der Waals surface area contributed by atoms with Gasteiger partial charge in [-0.25, -0.2) is 4.39 Å². The van der Waals surface area contributed by atoms with Gasteiger partial charge in [-0.05, 0) is 58.8 Å². The summed E-state index contributed by atoms with van der Waals surface area (Å²) in [6.45, 7) is 2.78. The van der Waals surface area contributed by atoms with Crippen LogP contribution in [-0.4, -0.2) is 0 Å². The van der Waals surface area contributed by atoms with Crippen LogP contribution in [0.2, 0.25) is 0 Å². The SMILES string of the molecule is CC(NCc1cc(F)cc(I)c1)c1ccccc1. The van der Waals surface area contributed by atoms with Gasteiger partial charge in [0.25, 0.3) is 0 Å². The van der Waals surface area contributed by atoms with Crippen LogP contribution in [0, 0.1) is 9.39 Å².